The summed E-state index contributed by atoms with van der Waals surface area (Å²) in [5, 5.41) is 0. The van der Waals surface area contributed by atoms with Gasteiger partial charge in [0.1, 0.15) is 5.54 Å². The van der Waals surface area contributed by atoms with Crippen molar-refractivity contribution in [2.45, 2.75) is 32.7 Å². The Morgan fingerprint density at radius 1 is 1.25 bits per heavy atom. The normalized spacial score (nSPS) is 25.5. The van der Waals surface area contributed by atoms with Crippen molar-refractivity contribution >= 4 is 18.3 Å². The third-order valence-corrected chi connectivity index (χ3v) is 4.44. The van der Waals surface area contributed by atoms with Crippen LogP contribution in [-0.4, -0.2) is 23.9 Å². The van der Waals surface area contributed by atoms with Crippen molar-refractivity contribution in [3.63, 3.8) is 0 Å². The Balaban J connectivity index is 0.00000200. The molecule has 20 heavy (non-hydrogen) atoms. The second-order valence-electron chi connectivity index (χ2n) is 6.06. The minimum Gasteiger partial charge on any atom is -0.341 e. The Morgan fingerprint density at radius 2 is 1.85 bits per heavy atom. The van der Waals surface area contributed by atoms with E-state index in [9.17, 15) is 4.79 Å². The van der Waals surface area contributed by atoms with Crippen molar-refractivity contribution in [1.82, 2.24) is 4.90 Å². The number of carbonyl (C=O) groups excluding carboxylic acids is 1. The van der Waals surface area contributed by atoms with E-state index in [-0.39, 0.29) is 18.3 Å². The molecule has 1 aliphatic rings. The smallest absolute Gasteiger partial charge is 0.246 e. The highest BCUT2D eigenvalue weighted by atomic mass is 35.5. The zero-order chi connectivity index (χ0) is 14.0. The van der Waals surface area contributed by atoms with E-state index in [4.69, 9.17) is 5.73 Å². The lowest BCUT2D eigenvalue weighted by atomic mass is 9.86. The number of nitrogens with two attached hydrogens (primary N) is 1. The summed E-state index contributed by atoms with van der Waals surface area (Å²) in [6, 6.07) is 9.64. The van der Waals surface area contributed by atoms with Gasteiger partial charge in [0.2, 0.25) is 5.91 Å². The molecule has 2 N–H and O–H groups in total. The van der Waals surface area contributed by atoms with Crippen LogP contribution in [0.3, 0.4) is 0 Å². The molecule has 1 aliphatic heterocycles. The number of rotatable bonds is 2. The summed E-state index contributed by atoms with van der Waals surface area (Å²) in [6.45, 7) is 7.92. The first-order valence-electron chi connectivity index (χ1n) is 7.06. The number of hydrogen-bond acceptors (Lipinski definition) is 2. The van der Waals surface area contributed by atoms with Crippen molar-refractivity contribution < 1.29 is 4.79 Å². The first kappa shape index (κ1) is 17.0. The molecule has 1 aromatic rings. The SMILES string of the molecule is CC1CCN(C(=O)C(C)(N)c2ccccc2)CC1C.Cl. The van der Waals surface area contributed by atoms with Gasteiger partial charge in [-0.05, 0) is 30.7 Å². The zero-order valence-electron chi connectivity index (χ0n) is 12.5. The Labute approximate surface area is 127 Å². The summed E-state index contributed by atoms with van der Waals surface area (Å²) in [6.07, 6.45) is 1.07. The second kappa shape index (κ2) is 6.59. The number of carbonyl (C=O) groups is 1. The molecule has 1 heterocycles. The van der Waals surface area contributed by atoms with E-state index < -0.39 is 5.54 Å². The molecule has 0 radical (unpaired) electrons. The number of halogens is 1. The van der Waals surface area contributed by atoms with E-state index in [1.807, 2.05) is 42.2 Å². The van der Waals surface area contributed by atoms with Crippen molar-refractivity contribution in [2.75, 3.05) is 13.1 Å². The minimum absolute atomic E-state index is 0. The fraction of sp³-hybridized carbons (Fsp3) is 0.562. The van der Waals surface area contributed by atoms with Crippen LogP contribution in [0.5, 0.6) is 0 Å². The van der Waals surface area contributed by atoms with Gasteiger partial charge >= 0.3 is 0 Å². The summed E-state index contributed by atoms with van der Waals surface area (Å²) < 4.78 is 0. The minimum atomic E-state index is -0.929. The Kier molecular flexibility index (Phi) is 5.60. The summed E-state index contributed by atoms with van der Waals surface area (Å²) in [4.78, 5) is 14.6. The number of nitrogens with zero attached hydrogens (tertiary/aromatic N) is 1. The van der Waals surface area contributed by atoms with Crippen LogP contribution >= 0.6 is 12.4 Å². The maximum absolute atomic E-state index is 12.7. The van der Waals surface area contributed by atoms with Crippen LogP contribution in [0, 0.1) is 11.8 Å². The van der Waals surface area contributed by atoms with Gasteiger partial charge in [0.15, 0.2) is 0 Å². The van der Waals surface area contributed by atoms with E-state index in [1.54, 1.807) is 0 Å². The molecule has 1 fully saturated rings. The van der Waals surface area contributed by atoms with E-state index in [0.717, 1.165) is 25.1 Å². The van der Waals surface area contributed by atoms with E-state index in [0.29, 0.717) is 11.8 Å². The Hall–Kier alpha value is -1.06. The van der Waals surface area contributed by atoms with Crippen LogP contribution in [0.1, 0.15) is 32.8 Å². The molecule has 1 aromatic carbocycles. The van der Waals surface area contributed by atoms with Crippen LogP contribution < -0.4 is 5.73 Å². The average Bonchev–Trinajstić information content (AvgIpc) is 2.42. The van der Waals surface area contributed by atoms with Gasteiger partial charge in [-0.1, -0.05) is 44.2 Å². The van der Waals surface area contributed by atoms with Gasteiger partial charge in [-0.2, -0.15) is 0 Å². The molecule has 3 atom stereocenters. The molecule has 0 spiro atoms. The van der Waals surface area contributed by atoms with Gasteiger partial charge in [-0.15, -0.1) is 12.4 Å². The maximum atomic E-state index is 12.7. The molecule has 3 nitrogen and oxygen atoms in total. The molecule has 4 heteroatoms. The number of hydrogen-bond donors (Lipinski definition) is 1. The molecule has 112 valence electrons. The number of amides is 1. The summed E-state index contributed by atoms with van der Waals surface area (Å²) in [5.74, 6) is 1.27. The molecule has 1 saturated heterocycles. The molecule has 0 aromatic heterocycles. The van der Waals surface area contributed by atoms with E-state index in [2.05, 4.69) is 13.8 Å². The third kappa shape index (κ3) is 3.33. The van der Waals surface area contributed by atoms with Crippen LogP contribution in [0.2, 0.25) is 0 Å². The van der Waals surface area contributed by atoms with Gasteiger partial charge in [-0.3, -0.25) is 4.79 Å². The predicted molar refractivity (Wildman–Crippen MR) is 84.8 cm³/mol. The molecule has 0 aliphatic carbocycles. The third-order valence-electron chi connectivity index (χ3n) is 4.44. The van der Waals surface area contributed by atoms with Crippen LogP contribution in [0.25, 0.3) is 0 Å². The monoisotopic (exact) mass is 296 g/mol. The first-order valence-corrected chi connectivity index (χ1v) is 7.06. The molecular formula is C16H25ClN2O. The highest BCUT2D eigenvalue weighted by Crippen LogP contribution is 2.27. The highest BCUT2D eigenvalue weighted by Gasteiger charge is 2.36. The van der Waals surface area contributed by atoms with Crippen molar-refractivity contribution in [3.05, 3.63) is 35.9 Å². The Bertz CT molecular complexity index is 447. The quantitative estimate of drug-likeness (QED) is 0.912. The standard InChI is InChI=1S/C16H24N2O.ClH/c1-12-9-10-18(11-13(12)2)15(19)16(3,17)14-7-5-4-6-8-14;/h4-8,12-13H,9-11,17H2,1-3H3;1H. The second-order valence-corrected chi connectivity index (χ2v) is 6.06. The fourth-order valence-electron chi connectivity index (χ4n) is 2.68. The van der Waals surface area contributed by atoms with E-state index in [1.165, 1.54) is 0 Å². The number of benzene rings is 1. The number of likely N-dealkylation sites (tertiary alicyclic amines) is 1. The highest BCUT2D eigenvalue weighted by molar-refractivity contribution is 5.87. The predicted octanol–water partition coefficient (Wildman–Crippen LogP) is 2.79. The largest absolute Gasteiger partial charge is 0.341 e. The van der Waals surface area contributed by atoms with Crippen LogP contribution in [-0.2, 0) is 10.3 Å². The lowest BCUT2D eigenvalue weighted by Crippen LogP contribution is -2.54. The molecule has 0 saturated carbocycles. The molecule has 1 amide bonds. The van der Waals surface area contributed by atoms with Gasteiger partial charge in [-0.25, -0.2) is 0 Å². The van der Waals surface area contributed by atoms with Gasteiger partial charge in [0.05, 0.1) is 0 Å². The van der Waals surface area contributed by atoms with Crippen molar-refractivity contribution in [1.29, 1.82) is 0 Å². The van der Waals surface area contributed by atoms with Gasteiger partial charge < -0.3 is 10.6 Å². The molecule has 3 unspecified atom stereocenters. The van der Waals surface area contributed by atoms with Crippen molar-refractivity contribution in [2.24, 2.45) is 17.6 Å². The molecule has 0 bridgehead atoms. The first-order chi connectivity index (χ1) is 8.93. The fourth-order valence-corrected chi connectivity index (χ4v) is 2.68. The maximum Gasteiger partial charge on any atom is 0.246 e. The van der Waals surface area contributed by atoms with Crippen molar-refractivity contribution in [3.8, 4) is 0 Å². The Morgan fingerprint density at radius 3 is 2.40 bits per heavy atom. The summed E-state index contributed by atoms with van der Waals surface area (Å²) in [5.41, 5.74) is 6.25. The molecular weight excluding hydrogens is 272 g/mol. The van der Waals surface area contributed by atoms with Gasteiger partial charge in [0.25, 0.3) is 0 Å². The average molecular weight is 297 g/mol. The summed E-state index contributed by atoms with van der Waals surface area (Å²) in [7, 11) is 0. The number of piperidine rings is 1. The summed E-state index contributed by atoms with van der Waals surface area (Å²) >= 11 is 0. The molecule has 2 rings (SSSR count). The van der Waals surface area contributed by atoms with E-state index >= 15 is 0 Å². The lowest BCUT2D eigenvalue weighted by Gasteiger charge is -2.39. The zero-order valence-corrected chi connectivity index (χ0v) is 13.3. The van der Waals surface area contributed by atoms with Crippen LogP contribution in [0.4, 0.5) is 0 Å². The van der Waals surface area contributed by atoms with Crippen LogP contribution in [0.15, 0.2) is 30.3 Å². The van der Waals surface area contributed by atoms with Gasteiger partial charge in [0, 0.05) is 13.1 Å². The topological polar surface area (TPSA) is 46.3 Å². The lowest BCUT2D eigenvalue weighted by molar-refractivity contribution is -0.139.